The summed E-state index contributed by atoms with van der Waals surface area (Å²) >= 11 is 0. The third-order valence-corrected chi connectivity index (χ3v) is 8.98. The Morgan fingerprint density at radius 3 is 2.17 bits per heavy atom. The summed E-state index contributed by atoms with van der Waals surface area (Å²) in [5, 5.41) is 50.7. The molecule has 0 fully saturated rings. The van der Waals surface area contributed by atoms with Gasteiger partial charge in [-0.15, -0.1) is 0 Å². The molecule has 5 rings (SSSR count). The molecule has 2 aromatic carbocycles. The van der Waals surface area contributed by atoms with Crippen LogP contribution in [0, 0.1) is 11.8 Å². The molecule has 46 heavy (non-hydrogen) atoms. The zero-order valence-corrected chi connectivity index (χ0v) is 25.8. The Morgan fingerprint density at radius 1 is 1.00 bits per heavy atom. The van der Waals surface area contributed by atoms with Crippen LogP contribution in [0.2, 0.25) is 0 Å². The lowest BCUT2D eigenvalue weighted by Gasteiger charge is -2.50. The first-order valence-corrected chi connectivity index (χ1v) is 14.4. The number of allylic oxidation sites excluding steroid dienone is 1. The molecule has 0 aliphatic heterocycles. The molecule has 0 saturated heterocycles. The Balaban J connectivity index is 1.58. The highest BCUT2D eigenvalue weighted by molar-refractivity contribution is 6.25. The normalized spacial score (nSPS) is 23.8. The van der Waals surface area contributed by atoms with Gasteiger partial charge in [-0.3, -0.25) is 24.1 Å². The first-order chi connectivity index (χ1) is 21.5. The summed E-state index contributed by atoms with van der Waals surface area (Å²) in [7, 11) is 6.52. The lowest BCUT2D eigenvalue weighted by atomic mass is 9.58. The number of aromatic hydroxyl groups is 1. The SMILES string of the molecule is CC(=O)c1ccc(NC(=O)Nc2cc(N(C)C)c3c(c2O)C(=O)C2=C(O)C4(O)C(=O)C(C(N)=O)=C(O)C(N(C)C)C4CC2C3)cc1. The number of urea groups is 1. The van der Waals surface area contributed by atoms with E-state index in [9.17, 15) is 44.4 Å². The van der Waals surface area contributed by atoms with Gasteiger partial charge in [0.2, 0.25) is 5.78 Å². The number of ketones is 3. The van der Waals surface area contributed by atoms with Gasteiger partial charge in [0.1, 0.15) is 17.1 Å². The minimum atomic E-state index is -2.77. The van der Waals surface area contributed by atoms with Crippen molar-refractivity contribution in [3.63, 3.8) is 0 Å². The number of nitrogens with one attached hydrogen (secondary N) is 2. The molecule has 14 nitrogen and oxygen atoms in total. The van der Waals surface area contributed by atoms with Crippen molar-refractivity contribution in [1.82, 2.24) is 4.90 Å². The van der Waals surface area contributed by atoms with Gasteiger partial charge in [-0.25, -0.2) is 4.79 Å². The van der Waals surface area contributed by atoms with Crippen molar-refractivity contribution < 1.29 is 44.4 Å². The van der Waals surface area contributed by atoms with Crippen LogP contribution < -0.4 is 21.3 Å². The first-order valence-electron chi connectivity index (χ1n) is 14.4. The lowest BCUT2D eigenvalue weighted by molar-refractivity contribution is -0.148. The number of amides is 3. The summed E-state index contributed by atoms with van der Waals surface area (Å²) in [6, 6.07) is 5.77. The Kier molecular flexibility index (Phi) is 7.91. The van der Waals surface area contributed by atoms with Crippen LogP contribution in [0.15, 0.2) is 53.0 Å². The highest BCUT2D eigenvalue weighted by Crippen LogP contribution is 2.54. The summed E-state index contributed by atoms with van der Waals surface area (Å²) in [4.78, 5) is 67.5. The molecule has 0 bridgehead atoms. The van der Waals surface area contributed by atoms with E-state index in [0.29, 0.717) is 22.5 Å². The molecule has 3 aliphatic carbocycles. The number of hydrogen-bond donors (Lipinski definition) is 7. The number of Topliss-reactive ketones (excluding diaryl/α,β-unsaturated/α-hetero) is 3. The number of nitrogens with two attached hydrogens (primary N) is 1. The van der Waals surface area contributed by atoms with Gasteiger partial charge in [-0.1, -0.05) is 0 Å². The van der Waals surface area contributed by atoms with E-state index in [0.717, 1.165) is 0 Å². The molecule has 0 saturated carbocycles. The monoisotopic (exact) mass is 633 g/mol. The van der Waals surface area contributed by atoms with Crippen molar-refractivity contribution in [2.24, 2.45) is 17.6 Å². The highest BCUT2D eigenvalue weighted by atomic mass is 16.3. The topological polar surface area (TPSA) is 223 Å². The largest absolute Gasteiger partial charge is 0.510 e. The number of phenolic OH excluding ortho intramolecular Hbond substituents is 1. The summed E-state index contributed by atoms with van der Waals surface area (Å²) in [6.45, 7) is 1.41. The van der Waals surface area contributed by atoms with Crippen LogP contribution in [0.25, 0.3) is 0 Å². The summed E-state index contributed by atoms with van der Waals surface area (Å²) < 4.78 is 0. The minimum Gasteiger partial charge on any atom is -0.510 e. The molecule has 242 valence electrons. The number of aliphatic hydroxyl groups excluding tert-OH is 2. The van der Waals surface area contributed by atoms with E-state index < -0.39 is 69.8 Å². The molecule has 3 aliphatic rings. The van der Waals surface area contributed by atoms with Crippen molar-refractivity contribution in [1.29, 1.82) is 0 Å². The number of phenols is 1. The Labute approximate surface area is 263 Å². The number of primary amides is 1. The van der Waals surface area contributed by atoms with Gasteiger partial charge in [0.25, 0.3) is 5.91 Å². The predicted octanol–water partition coefficient (Wildman–Crippen LogP) is 2.03. The summed E-state index contributed by atoms with van der Waals surface area (Å²) in [5.41, 5.74) is 2.73. The maximum Gasteiger partial charge on any atom is 0.323 e. The number of carbonyl (C=O) groups excluding carboxylic acids is 5. The Hall–Kier alpha value is -5.21. The molecule has 4 atom stereocenters. The number of benzene rings is 2. The zero-order chi connectivity index (χ0) is 34.0. The number of likely N-dealkylation sites (N-methyl/N-ethyl adjacent to an activating group) is 1. The average molecular weight is 634 g/mol. The van der Waals surface area contributed by atoms with Gasteiger partial charge >= 0.3 is 6.03 Å². The second-order valence-electron chi connectivity index (χ2n) is 12.2. The third-order valence-electron chi connectivity index (χ3n) is 8.98. The smallest absolute Gasteiger partial charge is 0.323 e. The predicted molar refractivity (Wildman–Crippen MR) is 167 cm³/mol. The molecule has 0 heterocycles. The van der Waals surface area contributed by atoms with Gasteiger partial charge in [0.15, 0.2) is 22.9 Å². The standard InChI is InChI=1S/C32H35N5O9/c1-13(38)14-6-8-16(9-7-14)34-31(45)35-19-12-20(36(2)3)17-10-15-11-18-24(37(4)5)27(41)23(30(33)44)29(43)32(18,46)28(42)21(15)26(40)22(17)25(19)39/h6-9,12,15,18,24,39,41-42,46H,10-11H2,1-5H3,(H2,33,44)(H2,34,35,45). The van der Waals surface area contributed by atoms with Crippen molar-refractivity contribution >= 4 is 46.4 Å². The molecule has 4 unspecified atom stereocenters. The van der Waals surface area contributed by atoms with Gasteiger partial charge in [0, 0.05) is 42.5 Å². The second kappa shape index (κ2) is 11.3. The van der Waals surface area contributed by atoms with E-state index in [1.165, 1.54) is 42.2 Å². The Morgan fingerprint density at radius 2 is 1.63 bits per heavy atom. The van der Waals surface area contributed by atoms with E-state index in [1.54, 1.807) is 33.1 Å². The fourth-order valence-corrected chi connectivity index (χ4v) is 6.87. The third kappa shape index (κ3) is 4.86. The maximum atomic E-state index is 14.2. The zero-order valence-electron chi connectivity index (χ0n) is 25.8. The van der Waals surface area contributed by atoms with Crippen LogP contribution in [0.5, 0.6) is 5.75 Å². The van der Waals surface area contributed by atoms with Gasteiger partial charge < -0.3 is 41.7 Å². The van der Waals surface area contributed by atoms with Gasteiger partial charge in [-0.05, 0) is 75.7 Å². The van der Waals surface area contributed by atoms with Crippen molar-refractivity contribution in [3.8, 4) is 5.75 Å². The van der Waals surface area contributed by atoms with Crippen molar-refractivity contribution in [2.45, 2.75) is 31.4 Å². The van der Waals surface area contributed by atoms with Crippen LogP contribution in [0.3, 0.4) is 0 Å². The van der Waals surface area contributed by atoms with E-state index in [2.05, 4.69) is 10.6 Å². The molecular formula is C32H35N5O9. The van der Waals surface area contributed by atoms with E-state index >= 15 is 0 Å². The van der Waals surface area contributed by atoms with E-state index in [-0.39, 0.29) is 35.4 Å². The quantitative estimate of drug-likeness (QED) is 0.138. The van der Waals surface area contributed by atoms with E-state index in [1.807, 2.05) is 0 Å². The van der Waals surface area contributed by atoms with Crippen molar-refractivity contribution in [3.05, 3.63) is 69.7 Å². The van der Waals surface area contributed by atoms with E-state index in [4.69, 9.17) is 5.73 Å². The van der Waals surface area contributed by atoms with Gasteiger partial charge in [-0.2, -0.15) is 0 Å². The van der Waals surface area contributed by atoms with Crippen LogP contribution in [-0.2, 0) is 16.0 Å². The number of nitrogens with zero attached hydrogens (tertiary/aromatic N) is 2. The molecule has 0 spiro atoms. The number of carbonyl (C=O) groups is 5. The molecule has 0 radical (unpaired) electrons. The fraction of sp³-hybridized carbons (Fsp3) is 0.344. The number of fused-ring (bicyclic) bond motifs is 3. The molecule has 2 aromatic rings. The highest BCUT2D eigenvalue weighted by Gasteiger charge is 2.63. The minimum absolute atomic E-state index is 0.0514. The second-order valence-corrected chi connectivity index (χ2v) is 12.2. The van der Waals surface area contributed by atoms with Crippen LogP contribution in [-0.4, -0.2) is 94.4 Å². The summed E-state index contributed by atoms with van der Waals surface area (Å²) in [5.74, 6) is -7.79. The van der Waals surface area contributed by atoms with Crippen LogP contribution >= 0.6 is 0 Å². The fourth-order valence-electron chi connectivity index (χ4n) is 6.87. The molecule has 3 amide bonds. The van der Waals surface area contributed by atoms with Crippen molar-refractivity contribution in [2.75, 3.05) is 43.7 Å². The van der Waals surface area contributed by atoms with Crippen LogP contribution in [0.4, 0.5) is 21.9 Å². The molecular weight excluding hydrogens is 598 g/mol. The molecule has 14 heteroatoms. The summed E-state index contributed by atoms with van der Waals surface area (Å²) in [6.07, 6.45) is 0.0365. The first kappa shape index (κ1) is 32.2. The Bertz CT molecular complexity index is 1780. The number of hydrogen-bond acceptors (Lipinski definition) is 11. The number of anilines is 3. The lowest BCUT2D eigenvalue weighted by Crippen LogP contribution is -2.63. The number of rotatable bonds is 6. The van der Waals surface area contributed by atoms with Gasteiger partial charge in [0.05, 0.1) is 17.3 Å². The molecule has 8 N–H and O–H groups in total. The molecule has 0 aromatic heterocycles. The van der Waals surface area contributed by atoms with Crippen LogP contribution in [0.1, 0.15) is 39.6 Å². The average Bonchev–Trinajstić information content (AvgIpc) is 2.96. The maximum absolute atomic E-state index is 14.2. The number of aliphatic hydroxyl groups is 3.